The number of benzene rings is 2. The second-order valence-corrected chi connectivity index (χ2v) is 6.10. The number of rotatable bonds is 5. The first-order valence-electron chi connectivity index (χ1n) is 8.42. The van der Waals surface area contributed by atoms with Crippen LogP contribution in [0.3, 0.4) is 0 Å². The van der Waals surface area contributed by atoms with E-state index in [4.69, 9.17) is 4.74 Å². The standard InChI is InChI=1S/C20H19N3O3/c1-26-20-13-18(22-9-2-3-10-22)8-7-16(20)11-17(14-21)15-5-4-6-19(12-15)23(24)25/h4-8,11-13H,2-3,9-10H2,1H3. The van der Waals surface area contributed by atoms with Crippen LogP contribution in [0.15, 0.2) is 42.5 Å². The Morgan fingerprint density at radius 1 is 1.27 bits per heavy atom. The number of nitrogens with zero attached hydrogens (tertiary/aromatic N) is 3. The summed E-state index contributed by atoms with van der Waals surface area (Å²) in [7, 11) is 1.60. The van der Waals surface area contributed by atoms with Crippen molar-refractivity contribution in [1.82, 2.24) is 0 Å². The van der Waals surface area contributed by atoms with Crippen LogP contribution in [0, 0.1) is 21.4 Å². The van der Waals surface area contributed by atoms with Crippen molar-refractivity contribution in [3.05, 3.63) is 63.7 Å². The van der Waals surface area contributed by atoms with Gasteiger partial charge in [0.25, 0.3) is 5.69 Å². The van der Waals surface area contributed by atoms with Crippen molar-refractivity contribution in [2.75, 3.05) is 25.1 Å². The molecule has 0 bridgehead atoms. The molecule has 1 saturated heterocycles. The van der Waals surface area contributed by atoms with Crippen molar-refractivity contribution >= 4 is 23.0 Å². The SMILES string of the molecule is COc1cc(N2CCCC2)ccc1C=C(C#N)c1cccc([N+](=O)[O-])c1. The number of ether oxygens (including phenoxy) is 1. The molecule has 2 aromatic rings. The van der Waals surface area contributed by atoms with Crippen LogP contribution in [0.2, 0.25) is 0 Å². The van der Waals surface area contributed by atoms with Gasteiger partial charge < -0.3 is 9.64 Å². The quantitative estimate of drug-likeness (QED) is 0.349. The number of nitro benzene ring substituents is 1. The fraction of sp³-hybridized carbons (Fsp3) is 0.250. The molecular weight excluding hydrogens is 330 g/mol. The van der Waals surface area contributed by atoms with Gasteiger partial charge in [-0.15, -0.1) is 0 Å². The summed E-state index contributed by atoms with van der Waals surface area (Å²) >= 11 is 0. The van der Waals surface area contributed by atoms with E-state index in [9.17, 15) is 15.4 Å². The maximum absolute atomic E-state index is 11.0. The third kappa shape index (κ3) is 3.67. The molecule has 0 spiro atoms. The molecule has 1 aliphatic rings. The van der Waals surface area contributed by atoms with Crippen molar-refractivity contribution in [3.63, 3.8) is 0 Å². The molecule has 6 heteroatoms. The van der Waals surface area contributed by atoms with Crippen LogP contribution in [-0.2, 0) is 0 Å². The van der Waals surface area contributed by atoms with E-state index in [-0.39, 0.29) is 5.69 Å². The first kappa shape index (κ1) is 17.5. The minimum absolute atomic E-state index is 0.0417. The summed E-state index contributed by atoms with van der Waals surface area (Å²) in [6.45, 7) is 2.07. The molecule has 0 aromatic heterocycles. The summed E-state index contributed by atoms with van der Waals surface area (Å²) in [5, 5.41) is 20.5. The van der Waals surface area contributed by atoms with Gasteiger partial charge in [0.1, 0.15) is 5.75 Å². The zero-order chi connectivity index (χ0) is 18.5. The monoisotopic (exact) mass is 349 g/mol. The lowest BCUT2D eigenvalue weighted by atomic mass is 10.0. The molecule has 1 aliphatic heterocycles. The van der Waals surface area contributed by atoms with Gasteiger partial charge in [0.05, 0.1) is 23.7 Å². The van der Waals surface area contributed by atoms with Crippen LogP contribution >= 0.6 is 0 Å². The maximum Gasteiger partial charge on any atom is 0.270 e. The molecule has 0 unspecified atom stereocenters. The molecule has 2 aromatic carbocycles. The Morgan fingerprint density at radius 2 is 2.04 bits per heavy atom. The van der Waals surface area contributed by atoms with Gasteiger partial charge >= 0.3 is 0 Å². The van der Waals surface area contributed by atoms with Crippen LogP contribution < -0.4 is 9.64 Å². The lowest BCUT2D eigenvalue weighted by Gasteiger charge is -2.19. The molecule has 6 nitrogen and oxygen atoms in total. The van der Waals surface area contributed by atoms with Crippen molar-refractivity contribution < 1.29 is 9.66 Å². The summed E-state index contributed by atoms with van der Waals surface area (Å²) in [6.07, 6.45) is 4.08. The maximum atomic E-state index is 11.0. The Bertz CT molecular complexity index is 893. The second kappa shape index (κ2) is 7.70. The highest BCUT2D eigenvalue weighted by molar-refractivity contribution is 5.91. The van der Waals surface area contributed by atoms with Gasteiger partial charge in [0.2, 0.25) is 0 Å². The number of allylic oxidation sites excluding steroid dienone is 1. The molecule has 0 amide bonds. The number of non-ortho nitro benzene ring substituents is 1. The molecule has 0 radical (unpaired) electrons. The largest absolute Gasteiger partial charge is 0.496 e. The molecule has 0 aliphatic carbocycles. The van der Waals surface area contributed by atoms with Crippen LogP contribution in [0.4, 0.5) is 11.4 Å². The Hall–Kier alpha value is -3.33. The lowest BCUT2D eigenvalue weighted by molar-refractivity contribution is -0.384. The first-order valence-corrected chi connectivity index (χ1v) is 8.42. The van der Waals surface area contributed by atoms with Crippen LogP contribution in [0.1, 0.15) is 24.0 Å². The van der Waals surface area contributed by atoms with Gasteiger partial charge in [0.15, 0.2) is 0 Å². The summed E-state index contributed by atoms with van der Waals surface area (Å²) < 4.78 is 5.50. The fourth-order valence-electron chi connectivity index (χ4n) is 3.11. The third-order valence-electron chi connectivity index (χ3n) is 4.48. The molecule has 1 fully saturated rings. The first-order chi connectivity index (χ1) is 12.6. The molecule has 0 atom stereocenters. The van der Waals surface area contributed by atoms with Gasteiger partial charge in [-0.1, -0.05) is 12.1 Å². The number of nitro groups is 1. The summed E-state index contributed by atoms with van der Waals surface area (Å²) in [5.74, 6) is 0.674. The van der Waals surface area contributed by atoms with Crippen molar-refractivity contribution in [2.24, 2.45) is 0 Å². The van der Waals surface area contributed by atoms with Gasteiger partial charge in [-0.3, -0.25) is 10.1 Å². The highest BCUT2D eigenvalue weighted by atomic mass is 16.6. The van der Waals surface area contributed by atoms with E-state index in [0.717, 1.165) is 24.3 Å². The third-order valence-corrected chi connectivity index (χ3v) is 4.48. The molecular formula is C20H19N3O3. The van der Waals surface area contributed by atoms with Crippen molar-refractivity contribution in [2.45, 2.75) is 12.8 Å². The zero-order valence-corrected chi connectivity index (χ0v) is 14.5. The topological polar surface area (TPSA) is 79.4 Å². The minimum atomic E-state index is -0.468. The molecule has 0 saturated carbocycles. The molecule has 1 heterocycles. The van der Waals surface area contributed by atoms with Gasteiger partial charge in [-0.05, 0) is 36.6 Å². The lowest BCUT2D eigenvalue weighted by Crippen LogP contribution is -2.17. The number of anilines is 1. The summed E-state index contributed by atoms with van der Waals surface area (Å²) in [5.41, 5.74) is 2.68. The molecule has 26 heavy (non-hydrogen) atoms. The molecule has 3 rings (SSSR count). The summed E-state index contributed by atoms with van der Waals surface area (Å²) in [6, 6.07) is 14.1. The number of nitriles is 1. The van der Waals surface area contributed by atoms with Gasteiger partial charge in [-0.2, -0.15) is 5.26 Å². The smallest absolute Gasteiger partial charge is 0.270 e. The van der Waals surface area contributed by atoms with Gasteiger partial charge in [0, 0.05) is 42.5 Å². The van der Waals surface area contributed by atoms with Gasteiger partial charge in [-0.25, -0.2) is 0 Å². The zero-order valence-electron chi connectivity index (χ0n) is 14.5. The second-order valence-electron chi connectivity index (χ2n) is 6.10. The highest BCUT2D eigenvalue weighted by Crippen LogP contribution is 2.31. The van der Waals surface area contributed by atoms with E-state index in [1.165, 1.54) is 25.0 Å². The fourth-order valence-corrected chi connectivity index (χ4v) is 3.11. The number of hydrogen-bond acceptors (Lipinski definition) is 5. The van der Waals surface area contributed by atoms with E-state index in [0.29, 0.717) is 16.9 Å². The summed E-state index contributed by atoms with van der Waals surface area (Å²) in [4.78, 5) is 12.8. The molecule has 132 valence electrons. The van der Waals surface area contributed by atoms with E-state index in [1.807, 2.05) is 18.2 Å². The van der Waals surface area contributed by atoms with Crippen LogP contribution in [0.5, 0.6) is 5.75 Å². The predicted molar refractivity (Wildman–Crippen MR) is 101 cm³/mol. The van der Waals surface area contributed by atoms with E-state index in [2.05, 4.69) is 11.0 Å². The van der Waals surface area contributed by atoms with E-state index in [1.54, 1.807) is 25.3 Å². The average molecular weight is 349 g/mol. The predicted octanol–water partition coefficient (Wildman–Crippen LogP) is 4.27. The molecule has 0 N–H and O–H groups in total. The van der Waals surface area contributed by atoms with Crippen molar-refractivity contribution in [1.29, 1.82) is 5.26 Å². The van der Waals surface area contributed by atoms with E-state index < -0.39 is 4.92 Å². The van der Waals surface area contributed by atoms with Crippen molar-refractivity contribution in [3.8, 4) is 11.8 Å². The van der Waals surface area contributed by atoms with Crippen LogP contribution in [-0.4, -0.2) is 25.1 Å². The van der Waals surface area contributed by atoms with Crippen LogP contribution in [0.25, 0.3) is 11.6 Å². The minimum Gasteiger partial charge on any atom is -0.496 e. The highest BCUT2D eigenvalue weighted by Gasteiger charge is 2.15. The Labute approximate surface area is 152 Å². The average Bonchev–Trinajstić information content (AvgIpc) is 3.21. The Kier molecular flexibility index (Phi) is 5.18. The Morgan fingerprint density at radius 3 is 2.69 bits per heavy atom. The Balaban J connectivity index is 1.97. The van der Waals surface area contributed by atoms with E-state index >= 15 is 0 Å². The normalized spacial score (nSPS) is 14.2. The number of hydrogen-bond donors (Lipinski definition) is 0. The number of methoxy groups -OCH3 is 1.